The summed E-state index contributed by atoms with van der Waals surface area (Å²) in [6, 6.07) is 10.1. The highest BCUT2D eigenvalue weighted by atomic mass is 19.4. The second-order valence-electron chi connectivity index (χ2n) is 9.66. The number of likely N-dealkylation sites (tertiary alicyclic amines) is 1. The van der Waals surface area contributed by atoms with Crippen LogP contribution in [-0.4, -0.2) is 70.6 Å². The molecule has 3 heterocycles. The zero-order chi connectivity index (χ0) is 25.0. The number of amides is 2. The average Bonchev–Trinajstić information content (AvgIpc) is 2.83. The van der Waals surface area contributed by atoms with Crippen LogP contribution in [0.2, 0.25) is 0 Å². The molecule has 35 heavy (non-hydrogen) atoms. The van der Waals surface area contributed by atoms with Gasteiger partial charge in [-0.3, -0.25) is 4.90 Å². The van der Waals surface area contributed by atoms with Gasteiger partial charge in [0.15, 0.2) is 5.69 Å². The van der Waals surface area contributed by atoms with E-state index in [9.17, 15) is 18.0 Å². The summed E-state index contributed by atoms with van der Waals surface area (Å²) < 4.78 is 38.3. The van der Waals surface area contributed by atoms with Crippen molar-refractivity contribution in [1.82, 2.24) is 25.1 Å². The lowest BCUT2D eigenvalue weighted by Crippen LogP contribution is -2.61. The Morgan fingerprint density at radius 1 is 1.03 bits per heavy atom. The Hall–Kier alpha value is -2.88. The second kappa shape index (κ2) is 10.8. The molecule has 10 heteroatoms. The van der Waals surface area contributed by atoms with Crippen molar-refractivity contribution in [3.8, 4) is 0 Å². The number of piperazine rings is 1. The number of aromatic nitrogens is 2. The summed E-state index contributed by atoms with van der Waals surface area (Å²) in [6.07, 6.45) is -0.490. The molecule has 0 aliphatic carbocycles. The molecule has 0 unspecified atom stereocenters. The van der Waals surface area contributed by atoms with Crippen molar-refractivity contribution in [2.24, 2.45) is 5.92 Å². The molecule has 2 amide bonds. The highest BCUT2D eigenvalue weighted by Gasteiger charge is 2.36. The van der Waals surface area contributed by atoms with E-state index < -0.39 is 11.9 Å². The molecule has 2 aliphatic rings. The molecule has 2 aliphatic heterocycles. The van der Waals surface area contributed by atoms with Crippen molar-refractivity contribution < 1.29 is 18.0 Å². The Morgan fingerprint density at radius 2 is 1.69 bits per heavy atom. The van der Waals surface area contributed by atoms with Crippen molar-refractivity contribution in [3.05, 3.63) is 54.0 Å². The van der Waals surface area contributed by atoms with Gasteiger partial charge in [0.25, 0.3) is 0 Å². The Bertz CT molecular complexity index is 951. The molecule has 2 saturated heterocycles. The number of carbonyl (C=O) groups is 1. The van der Waals surface area contributed by atoms with Gasteiger partial charge in [-0.15, -0.1) is 0 Å². The van der Waals surface area contributed by atoms with Crippen molar-refractivity contribution >= 4 is 11.8 Å². The second-order valence-corrected chi connectivity index (χ2v) is 9.66. The summed E-state index contributed by atoms with van der Waals surface area (Å²) >= 11 is 0. The molecule has 0 radical (unpaired) electrons. The average molecular weight is 491 g/mol. The first-order valence-corrected chi connectivity index (χ1v) is 12.2. The molecule has 7 nitrogen and oxygen atoms in total. The molecule has 0 spiro atoms. The maximum atomic E-state index is 13.0. The highest BCUT2D eigenvalue weighted by Crippen LogP contribution is 2.28. The molecule has 1 aromatic heterocycles. The number of benzene rings is 1. The molecule has 2 atom stereocenters. The lowest BCUT2D eigenvalue weighted by atomic mass is 9.96. The third kappa shape index (κ3) is 6.42. The number of urea groups is 1. The number of alkyl halides is 3. The van der Waals surface area contributed by atoms with Crippen LogP contribution in [-0.2, 0) is 12.7 Å². The largest absolute Gasteiger partial charge is 0.434 e. The monoisotopic (exact) mass is 490 g/mol. The summed E-state index contributed by atoms with van der Waals surface area (Å²) in [5, 5.41) is 3.12. The Labute approximate surface area is 204 Å². The number of hydrogen-bond acceptors (Lipinski definition) is 5. The highest BCUT2D eigenvalue weighted by molar-refractivity contribution is 5.75. The third-order valence-corrected chi connectivity index (χ3v) is 6.90. The lowest BCUT2D eigenvalue weighted by Gasteiger charge is -2.44. The van der Waals surface area contributed by atoms with E-state index in [2.05, 4.69) is 44.5 Å². The van der Waals surface area contributed by atoms with Crippen molar-refractivity contribution in [2.75, 3.05) is 37.6 Å². The number of nitrogens with zero attached hydrogens (tertiary/aromatic N) is 5. The Kier molecular flexibility index (Phi) is 7.78. The summed E-state index contributed by atoms with van der Waals surface area (Å²) in [7, 11) is 0. The Balaban J connectivity index is 1.24. The van der Waals surface area contributed by atoms with Crippen LogP contribution in [0.15, 0.2) is 42.7 Å². The predicted molar refractivity (Wildman–Crippen MR) is 128 cm³/mol. The van der Waals surface area contributed by atoms with Crippen LogP contribution in [0.1, 0.15) is 37.9 Å². The molecular weight excluding hydrogens is 457 g/mol. The fourth-order valence-electron chi connectivity index (χ4n) is 5.05. The van der Waals surface area contributed by atoms with E-state index in [4.69, 9.17) is 0 Å². The number of anilines is 1. The molecule has 4 rings (SSSR count). The maximum absolute atomic E-state index is 13.0. The van der Waals surface area contributed by atoms with Crippen molar-refractivity contribution in [1.29, 1.82) is 0 Å². The molecule has 1 aromatic carbocycles. The van der Waals surface area contributed by atoms with Gasteiger partial charge in [-0.25, -0.2) is 14.8 Å². The van der Waals surface area contributed by atoms with E-state index >= 15 is 0 Å². The quantitative estimate of drug-likeness (QED) is 0.686. The van der Waals surface area contributed by atoms with Crippen LogP contribution < -0.4 is 10.2 Å². The minimum atomic E-state index is -4.51. The van der Waals surface area contributed by atoms with Crippen LogP contribution in [0.4, 0.5) is 23.8 Å². The minimum absolute atomic E-state index is 0.0881. The van der Waals surface area contributed by atoms with E-state index in [1.165, 1.54) is 5.56 Å². The van der Waals surface area contributed by atoms with Gasteiger partial charge in [0.1, 0.15) is 5.82 Å². The third-order valence-electron chi connectivity index (χ3n) is 6.90. The van der Waals surface area contributed by atoms with Gasteiger partial charge < -0.3 is 15.1 Å². The van der Waals surface area contributed by atoms with Crippen LogP contribution >= 0.6 is 0 Å². The molecule has 1 N–H and O–H groups in total. The number of nitrogens with one attached hydrogen (secondary N) is 1. The summed E-state index contributed by atoms with van der Waals surface area (Å²) in [5.41, 5.74) is 0.315. The SMILES string of the molecule is C[C@@H]1CN(c2cnc(C(F)(F)F)cn2)C[C@H](C)N1C(=O)NCC1CCN(Cc2ccccc2)CC1. The molecule has 2 aromatic rings. The molecular formula is C25H33F3N6O. The number of carbonyl (C=O) groups excluding carboxylic acids is 1. The summed E-state index contributed by atoms with van der Waals surface area (Å²) in [6.45, 7) is 8.52. The summed E-state index contributed by atoms with van der Waals surface area (Å²) in [5.74, 6) is 0.847. The number of halogens is 3. The first-order valence-electron chi connectivity index (χ1n) is 12.2. The van der Waals surface area contributed by atoms with Gasteiger partial charge in [-0.05, 0) is 51.3 Å². The maximum Gasteiger partial charge on any atom is 0.434 e. The zero-order valence-electron chi connectivity index (χ0n) is 20.2. The van der Waals surface area contributed by atoms with Crippen LogP contribution in [0.3, 0.4) is 0 Å². The van der Waals surface area contributed by atoms with Crippen LogP contribution in [0.5, 0.6) is 0 Å². The van der Waals surface area contributed by atoms with E-state index in [1.807, 2.05) is 29.7 Å². The smallest absolute Gasteiger partial charge is 0.351 e. The van der Waals surface area contributed by atoms with Crippen LogP contribution in [0, 0.1) is 5.92 Å². The number of hydrogen-bond donors (Lipinski definition) is 1. The van der Waals surface area contributed by atoms with E-state index in [0.29, 0.717) is 31.4 Å². The van der Waals surface area contributed by atoms with E-state index in [-0.39, 0.29) is 18.1 Å². The standard InChI is InChI=1S/C25H33F3N6O/c1-18-15-33(23-14-29-22(13-30-23)25(26,27)28)16-19(2)34(18)24(35)31-12-20-8-10-32(11-9-20)17-21-6-4-3-5-7-21/h3-7,13-14,18-20H,8-12,15-17H2,1-2H3,(H,31,35)/t18-,19+. The molecule has 2 fully saturated rings. The zero-order valence-corrected chi connectivity index (χ0v) is 20.2. The lowest BCUT2D eigenvalue weighted by molar-refractivity contribution is -0.141. The van der Waals surface area contributed by atoms with Crippen molar-refractivity contribution in [3.63, 3.8) is 0 Å². The fourth-order valence-corrected chi connectivity index (χ4v) is 5.05. The van der Waals surface area contributed by atoms with Gasteiger partial charge in [-0.1, -0.05) is 30.3 Å². The van der Waals surface area contributed by atoms with Gasteiger partial charge in [0.05, 0.1) is 12.4 Å². The number of piperidine rings is 1. The van der Waals surface area contributed by atoms with Crippen LogP contribution in [0.25, 0.3) is 0 Å². The molecule has 190 valence electrons. The first kappa shape index (κ1) is 25.2. The molecule has 0 saturated carbocycles. The van der Waals surface area contributed by atoms with Gasteiger partial charge in [-0.2, -0.15) is 13.2 Å². The van der Waals surface area contributed by atoms with Crippen molar-refractivity contribution in [2.45, 2.75) is 51.5 Å². The number of rotatable bonds is 5. The predicted octanol–water partition coefficient (Wildman–Crippen LogP) is 4.02. The topological polar surface area (TPSA) is 64.6 Å². The Morgan fingerprint density at radius 3 is 2.26 bits per heavy atom. The van der Waals surface area contributed by atoms with Gasteiger partial charge in [0.2, 0.25) is 0 Å². The summed E-state index contributed by atoms with van der Waals surface area (Å²) in [4.78, 5) is 26.6. The van der Waals surface area contributed by atoms with E-state index in [0.717, 1.165) is 44.9 Å². The first-order chi connectivity index (χ1) is 16.7. The van der Waals surface area contributed by atoms with E-state index in [1.54, 1.807) is 0 Å². The minimum Gasteiger partial charge on any atom is -0.351 e. The normalized spacial score (nSPS) is 22.3. The van der Waals surface area contributed by atoms with Gasteiger partial charge >= 0.3 is 12.2 Å². The fraction of sp³-hybridized carbons (Fsp3) is 0.560. The molecule has 0 bridgehead atoms. The van der Waals surface area contributed by atoms with Gasteiger partial charge in [0, 0.05) is 38.3 Å².